The molecule has 0 bridgehead atoms. The molecule has 3 N–H and O–H groups in total. The van der Waals surface area contributed by atoms with Crippen molar-refractivity contribution in [3.05, 3.63) is 40.2 Å². The average molecular weight is 285 g/mol. The Morgan fingerprint density at radius 3 is 2.50 bits per heavy atom. The first-order valence-corrected chi connectivity index (χ1v) is 5.96. The lowest BCUT2D eigenvalue weighted by Gasteiger charge is -1.98. The Hall–Kier alpha value is -1.43. The highest BCUT2D eigenvalue weighted by Gasteiger charge is 2.19. The Bertz CT molecular complexity index is 540. The number of nitrogens with zero attached hydrogens (tertiary/aromatic N) is 1. The molecule has 1 unspecified atom stereocenters. The van der Waals surface area contributed by atoms with E-state index in [0.29, 0.717) is 10.7 Å². The van der Waals surface area contributed by atoms with Crippen LogP contribution in [0.4, 0.5) is 0 Å². The molecule has 0 aliphatic carbocycles. The van der Waals surface area contributed by atoms with Crippen LogP contribution in [0.15, 0.2) is 30.3 Å². The number of carboxylic acid groups (broad SMARTS) is 1. The van der Waals surface area contributed by atoms with Gasteiger partial charge in [-0.2, -0.15) is 0 Å². The van der Waals surface area contributed by atoms with Crippen LogP contribution in [-0.2, 0) is 0 Å². The summed E-state index contributed by atoms with van der Waals surface area (Å²) in [6, 6.07) is 9.01. The van der Waals surface area contributed by atoms with E-state index in [9.17, 15) is 4.79 Å². The minimum absolute atomic E-state index is 0. The van der Waals surface area contributed by atoms with Gasteiger partial charge in [0.05, 0.1) is 11.7 Å². The summed E-state index contributed by atoms with van der Waals surface area (Å²) in [4.78, 5) is 15.7. The van der Waals surface area contributed by atoms with Gasteiger partial charge in [0.1, 0.15) is 9.88 Å². The summed E-state index contributed by atoms with van der Waals surface area (Å²) in [6.45, 7) is 1.79. The van der Waals surface area contributed by atoms with Crippen molar-refractivity contribution in [2.45, 2.75) is 13.0 Å². The second-order valence-electron chi connectivity index (χ2n) is 3.69. The lowest BCUT2D eigenvalue weighted by molar-refractivity contribution is 0.0702. The maximum Gasteiger partial charge on any atom is 0.348 e. The maximum absolute atomic E-state index is 11.2. The Balaban J connectivity index is 0.00000162. The second kappa shape index (κ2) is 5.95. The van der Waals surface area contributed by atoms with Gasteiger partial charge in [0, 0.05) is 5.56 Å². The highest BCUT2D eigenvalue weighted by Crippen LogP contribution is 2.30. The summed E-state index contributed by atoms with van der Waals surface area (Å²) in [6.07, 6.45) is 0. The highest BCUT2D eigenvalue weighted by molar-refractivity contribution is 7.14. The fraction of sp³-hybridized carbons (Fsp3) is 0.167. The van der Waals surface area contributed by atoms with Crippen LogP contribution >= 0.6 is 23.7 Å². The molecule has 0 saturated heterocycles. The van der Waals surface area contributed by atoms with E-state index in [0.717, 1.165) is 16.9 Å². The van der Waals surface area contributed by atoms with Gasteiger partial charge < -0.3 is 10.8 Å². The van der Waals surface area contributed by atoms with Gasteiger partial charge in [0.15, 0.2) is 0 Å². The lowest BCUT2D eigenvalue weighted by atomic mass is 10.1. The fourth-order valence-electron chi connectivity index (χ4n) is 1.47. The average Bonchev–Trinajstić information content (AvgIpc) is 2.75. The first-order valence-electron chi connectivity index (χ1n) is 5.14. The van der Waals surface area contributed by atoms with Gasteiger partial charge in [-0.05, 0) is 6.92 Å². The Labute approximate surface area is 115 Å². The van der Waals surface area contributed by atoms with Crippen molar-refractivity contribution in [3.8, 4) is 11.3 Å². The summed E-state index contributed by atoms with van der Waals surface area (Å²) in [7, 11) is 0. The van der Waals surface area contributed by atoms with Crippen LogP contribution < -0.4 is 5.73 Å². The number of carboxylic acids is 1. The molecule has 0 amide bonds. The van der Waals surface area contributed by atoms with E-state index >= 15 is 0 Å². The van der Waals surface area contributed by atoms with Gasteiger partial charge in [-0.15, -0.1) is 23.7 Å². The Morgan fingerprint density at radius 1 is 1.39 bits per heavy atom. The topological polar surface area (TPSA) is 76.2 Å². The zero-order chi connectivity index (χ0) is 12.4. The van der Waals surface area contributed by atoms with Crippen LogP contribution in [0.25, 0.3) is 11.3 Å². The molecule has 2 rings (SSSR count). The number of thiazole rings is 1. The molecule has 18 heavy (non-hydrogen) atoms. The van der Waals surface area contributed by atoms with E-state index in [2.05, 4.69) is 4.98 Å². The van der Waals surface area contributed by atoms with Crippen LogP contribution in [0, 0.1) is 0 Å². The molecule has 2 aromatic rings. The predicted molar refractivity (Wildman–Crippen MR) is 74.4 cm³/mol. The van der Waals surface area contributed by atoms with E-state index in [4.69, 9.17) is 10.8 Å². The first-order chi connectivity index (χ1) is 8.09. The van der Waals surface area contributed by atoms with E-state index in [1.165, 1.54) is 0 Å². The Kier molecular flexibility index (Phi) is 4.84. The summed E-state index contributed by atoms with van der Waals surface area (Å²) < 4.78 is 0. The molecule has 0 saturated carbocycles. The number of aromatic carboxylic acids is 1. The van der Waals surface area contributed by atoms with Crippen molar-refractivity contribution in [3.63, 3.8) is 0 Å². The predicted octanol–water partition coefficient (Wildman–Crippen LogP) is 2.95. The number of aromatic nitrogens is 1. The van der Waals surface area contributed by atoms with E-state index in [-0.39, 0.29) is 23.3 Å². The van der Waals surface area contributed by atoms with Crippen molar-refractivity contribution >= 4 is 29.7 Å². The van der Waals surface area contributed by atoms with Gasteiger partial charge in [-0.25, -0.2) is 9.78 Å². The molecular formula is C12H13ClN2O2S. The monoisotopic (exact) mass is 284 g/mol. The number of nitrogens with two attached hydrogens (primary N) is 1. The summed E-state index contributed by atoms with van der Waals surface area (Å²) in [5.74, 6) is -0.965. The summed E-state index contributed by atoms with van der Waals surface area (Å²) >= 11 is 1.13. The van der Waals surface area contributed by atoms with Crippen molar-refractivity contribution in [2.24, 2.45) is 5.73 Å². The number of hydrogen-bond acceptors (Lipinski definition) is 4. The van der Waals surface area contributed by atoms with Gasteiger partial charge >= 0.3 is 5.97 Å². The molecule has 4 nitrogen and oxygen atoms in total. The van der Waals surface area contributed by atoms with Crippen molar-refractivity contribution in [1.82, 2.24) is 4.98 Å². The molecule has 1 atom stereocenters. The third kappa shape index (κ3) is 2.87. The van der Waals surface area contributed by atoms with Crippen molar-refractivity contribution in [2.75, 3.05) is 0 Å². The lowest BCUT2D eigenvalue weighted by Crippen LogP contribution is -2.03. The van der Waals surface area contributed by atoms with E-state index in [1.54, 1.807) is 6.92 Å². The Morgan fingerprint density at radius 2 is 2.00 bits per heavy atom. The van der Waals surface area contributed by atoms with Crippen LogP contribution in [-0.4, -0.2) is 16.1 Å². The number of hydrogen-bond donors (Lipinski definition) is 2. The van der Waals surface area contributed by atoms with Crippen LogP contribution in [0.1, 0.15) is 27.6 Å². The van der Waals surface area contributed by atoms with E-state index in [1.807, 2.05) is 30.3 Å². The normalized spacial score (nSPS) is 11.7. The molecule has 0 fully saturated rings. The first kappa shape index (κ1) is 14.6. The van der Waals surface area contributed by atoms with Gasteiger partial charge in [0.25, 0.3) is 0 Å². The summed E-state index contributed by atoms with van der Waals surface area (Å²) in [5, 5.41) is 9.79. The van der Waals surface area contributed by atoms with Gasteiger partial charge in [-0.1, -0.05) is 30.3 Å². The smallest absolute Gasteiger partial charge is 0.348 e. The second-order valence-corrected chi connectivity index (χ2v) is 4.72. The van der Waals surface area contributed by atoms with Crippen molar-refractivity contribution < 1.29 is 9.90 Å². The molecule has 1 aromatic carbocycles. The zero-order valence-electron chi connectivity index (χ0n) is 9.66. The fourth-order valence-corrected chi connectivity index (χ4v) is 2.35. The molecule has 96 valence electrons. The molecule has 0 radical (unpaired) electrons. The molecule has 1 aromatic heterocycles. The van der Waals surface area contributed by atoms with Crippen LogP contribution in [0.2, 0.25) is 0 Å². The quantitative estimate of drug-likeness (QED) is 0.908. The highest BCUT2D eigenvalue weighted by atomic mass is 35.5. The SMILES string of the molecule is CC(N)c1nc(-c2ccccc2)c(C(=O)O)s1.Cl. The zero-order valence-corrected chi connectivity index (χ0v) is 11.3. The molecule has 1 heterocycles. The van der Waals surface area contributed by atoms with Crippen LogP contribution in [0.3, 0.4) is 0 Å². The minimum atomic E-state index is -0.965. The number of benzene rings is 1. The third-order valence-electron chi connectivity index (χ3n) is 2.27. The molecule has 0 aliphatic heterocycles. The molecule has 0 aliphatic rings. The molecule has 0 spiro atoms. The maximum atomic E-state index is 11.2. The van der Waals surface area contributed by atoms with E-state index < -0.39 is 5.97 Å². The number of halogens is 1. The van der Waals surface area contributed by atoms with Crippen LogP contribution in [0.5, 0.6) is 0 Å². The number of carbonyl (C=O) groups is 1. The van der Waals surface area contributed by atoms with Gasteiger partial charge in [-0.3, -0.25) is 0 Å². The largest absolute Gasteiger partial charge is 0.477 e. The summed E-state index contributed by atoms with van der Waals surface area (Å²) in [5.41, 5.74) is 7.02. The minimum Gasteiger partial charge on any atom is -0.477 e. The van der Waals surface area contributed by atoms with Crippen molar-refractivity contribution in [1.29, 1.82) is 0 Å². The molecular weight excluding hydrogens is 272 g/mol. The third-order valence-corrected chi connectivity index (χ3v) is 3.52. The number of rotatable bonds is 3. The standard InChI is InChI=1S/C12H12N2O2S.ClH/c1-7(13)11-14-9(10(17-11)12(15)16)8-5-3-2-4-6-8;/h2-7H,13H2,1H3,(H,15,16);1H. The molecule has 6 heteroatoms. The van der Waals surface area contributed by atoms with Gasteiger partial charge in [0.2, 0.25) is 0 Å².